The molecule has 5 heteroatoms. The lowest BCUT2D eigenvalue weighted by molar-refractivity contribution is -0.131. The average Bonchev–Trinajstić information content (AvgIpc) is 2.91. The van der Waals surface area contributed by atoms with Crippen LogP contribution in [0.15, 0.2) is 0 Å². The number of carbonyl (C=O) groups excluding carboxylic acids is 2. The van der Waals surface area contributed by atoms with Gasteiger partial charge in [0.2, 0.25) is 11.8 Å². The molecular formula is C10H17N3O2. The van der Waals surface area contributed by atoms with Crippen LogP contribution in [0.3, 0.4) is 0 Å². The second-order valence-corrected chi connectivity index (χ2v) is 4.77. The van der Waals surface area contributed by atoms with Gasteiger partial charge in [0.1, 0.15) is 0 Å². The summed E-state index contributed by atoms with van der Waals surface area (Å²) in [5.41, 5.74) is 10.8. The number of primary amides is 1. The number of carbonyl (C=O) groups is 2. The van der Waals surface area contributed by atoms with Gasteiger partial charge in [0.25, 0.3) is 0 Å². The number of hydrogen-bond donors (Lipinski definition) is 2. The molecule has 0 aromatic carbocycles. The van der Waals surface area contributed by atoms with Crippen LogP contribution in [0, 0.1) is 5.92 Å². The number of hydrogen-bond acceptors (Lipinski definition) is 3. The normalized spacial score (nSPS) is 29.6. The third-order valence-corrected chi connectivity index (χ3v) is 3.75. The third-order valence-electron chi connectivity index (χ3n) is 3.75. The minimum absolute atomic E-state index is 0.0963. The molecule has 0 radical (unpaired) electrons. The summed E-state index contributed by atoms with van der Waals surface area (Å²) in [5.74, 6) is -0.522. The van der Waals surface area contributed by atoms with Crippen molar-refractivity contribution in [3.05, 3.63) is 0 Å². The molecule has 2 rings (SSSR count). The number of likely N-dealkylation sites (tertiary alicyclic amines) is 1. The third kappa shape index (κ3) is 1.61. The second-order valence-electron chi connectivity index (χ2n) is 4.77. The van der Waals surface area contributed by atoms with Crippen LogP contribution >= 0.6 is 0 Å². The standard InChI is InChI=1S/C10H17N3O2/c1-13-9(15)6(4-7(11)8(12)14)5-10(13)2-3-10/h6-7H,2-5,11H2,1H3,(H2,12,14)/t6-,7+/m1/s1. The molecule has 0 aromatic rings. The second kappa shape index (κ2) is 3.20. The molecular weight excluding hydrogens is 194 g/mol. The zero-order chi connectivity index (χ0) is 11.2. The van der Waals surface area contributed by atoms with Gasteiger partial charge < -0.3 is 16.4 Å². The average molecular weight is 211 g/mol. The number of nitrogens with two attached hydrogens (primary N) is 2. The Morgan fingerprint density at radius 3 is 2.67 bits per heavy atom. The molecule has 84 valence electrons. The predicted molar refractivity (Wildman–Crippen MR) is 54.6 cm³/mol. The van der Waals surface area contributed by atoms with Gasteiger partial charge >= 0.3 is 0 Å². The SMILES string of the molecule is CN1C(=O)[C@H](C[C@H](N)C(N)=O)CC12CC2. The Morgan fingerprint density at radius 2 is 2.27 bits per heavy atom. The summed E-state index contributed by atoms with van der Waals surface area (Å²) >= 11 is 0. The van der Waals surface area contributed by atoms with Crippen molar-refractivity contribution in [2.45, 2.75) is 37.3 Å². The van der Waals surface area contributed by atoms with E-state index in [2.05, 4.69) is 0 Å². The fourth-order valence-electron chi connectivity index (χ4n) is 2.48. The topological polar surface area (TPSA) is 89.4 Å². The van der Waals surface area contributed by atoms with Gasteiger partial charge in [-0.2, -0.15) is 0 Å². The van der Waals surface area contributed by atoms with Gasteiger partial charge in [0.15, 0.2) is 0 Å². The van der Waals surface area contributed by atoms with Gasteiger partial charge in [-0.25, -0.2) is 0 Å². The van der Waals surface area contributed by atoms with Gasteiger partial charge in [-0.1, -0.05) is 0 Å². The largest absolute Gasteiger partial charge is 0.368 e. The van der Waals surface area contributed by atoms with Crippen molar-refractivity contribution in [3.8, 4) is 0 Å². The van der Waals surface area contributed by atoms with Gasteiger partial charge in [-0.05, 0) is 25.7 Å². The van der Waals surface area contributed by atoms with Crippen LogP contribution in [0.4, 0.5) is 0 Å². The molecule has 5 nitrogen and oxygen atoms in total. The Kier molecular flexibility index (Phi) is 2.22. The van der Waals surface area contributed by atoms with Crippen LogP contribution in [0.25, 0.3) is 0 Å². The van der Waals surface area contributed by atoms with Crippen LogP contribution < -0.4 is 11.5 Å². The van der Waals surface area contributed by atoms with Crippen LogP contribution in [-0.2, 0) is 9.59 Å². The van der Waals surface area contributed by atoms with Crippen molar-refractivity contribution in [2.75, 3.05) is 7.05 Å². The molecule has 4 N–H and O–H groups in total. The minimum Gasteiger partial charge on any atom is -0.368 e. The van der Waals surface area contributed by atoms with Gasteiger partial charge in [0.05, 0.1) is 6.04 Å². The van der Waals surface area contributed by atoms with E-state index >= 15 is 0 Å². The summed E-state index contributed by atoms with van der Waals surface area (Å²) in [6.07, 6.45) is 3.39. The summed E-state index contributed by atoms with van der Waals surface area (Å²) in [6.45, 7) is 0. The lowest BCUT2D eigenvalue weighted by Gasteiger charge is -2.17. The highest BCUT2D eigenvalue weighted by molar-refractivity contribution is 5.85. The monoisotopic (exact) mass is 211 g/mol. The quantitative estimate of drug-likeness (QED) is 0.640. The molecule has 2 amide bonds. The van der Waals surface area contributed by atoms with E-state index in [1.165, 1.54) is 0 Å². The summed E-state index contributed by atoms with van der Waals surface area (Å²) in [4.78, 5) is 24.5. The van der Waals surface area contributed by atoms with Crippen molar-refractivity contribution in [3.63, 3.8) is 0 Å². The van der Waals surface area contributed by atoms with Gasteiger partial charge in [0, 0.05) is 18.5 Å². The van der Waals surface area contributed by atoms with Crippen molar-refractivity contribution in [1.29, 1.82) is 0 Å². The highest BCUT2D eigenvalue weighted by Crippen LogP contribution is 2.51. The molecule has 15 heavy (non-hydrogen) atoms. The number of amides is 2. The lowest BCUT2D eigenvalue weighted by atomic mass is 9.96. The summed E-state index contributed by atoms with van der Waals surface area (Å²) in [7, 11) is 1.84. The zero-order valence-corrected chi connectivity index (χ0v) is 8.90. The maximum atomic E-state index is 11.8. The van der Waals surface area contributed by atoms with Gasteiger partial charge in [-0.15, -0.1) is 0 Å². The van der Waals surface area contributed by atoms with E-state index < -0.39 is 11.9 Å². The molecule has 0 unspecified atom stereocenters. The molecule has 2 atom stereocenters. The van der Waals surface area contributed by atoms with E-state index in [1.54, 1.807) is 0 Å². The van der Waals surface area contributed by atoms with E-state index in [1.807, 2.05) is 11.9 Å². The molecule has 1 aliphatic heterocycles. The van der Waals surface area contributed by atoms with E-state index in [0.717, 1.165) is 19.3 Å². The minimum atomic E-state index is -0.693. The highest BCUT2D eigenvalue weighted by atomic mass is 16.2. The zero-order valence-electron chi connectivity index (χ0n) is 8.90. The molecule has 2 aliphatic rings. The number of nitrogens with zero attached hydrogens (tertiary/aromatic N) is 1. The Labute approximate surface area is 88.8 Å². The molecule has 1 saturated heterocycles. The van der Waals surface area contributed by atoms with E-state index in [4.69, 9.17) is 11.5 Å². The van der Waals surface area contributed by atoms with Gasteiger partial charge in [-0.3, -0.25) is 9.59 Å². The fraction of sp³-hybridized carbons (Fsp3) is 0.800. The predicted octanol–water partition coefficient (Wildman–Crippen LogP) is -0.800. The van der Waals surface area contributed by atoms with E-state index in [9.17, 15) is 9.59 Å². The van der Waals surface area contributed by atoms with Crippen LogP contribution in [0.5, 0.6) is 0 Å². The molecule has 0 aromatic heterocycles. The maximum absolute atomic E-state index is 11.8. The molecule has 0 bridgehead atoms. The van der Waals surface area contributed by atoms with Crippen LogP contribution in [-0.4, -0.2) is 35.3 Å². The molecule has 2 fully saturated rings. The molecule has 1 spiro atoms. The summed E-state index contributed by atoms with van der Waals surface area (Å²) in [6, 6.07) is -0.693. The first kappa shape index (κ1) is 10.4. The highest BCUT2D eigenvalue weighted by Gasteiger charge is 2.56. The summed E-state index contributed by atoms with van der Waals surface area (Å²) in [5, 5.41) is 0. The molecule has 1 heterocycles. The first-order valence-corrected chi connectivity index (χ1v) is 5.29. The van der Waals surface area contributed by atoms with E-state index in [0.29, 0.717) is 6.42 Å². The molecule has 1 saturated carbocycles. The van der Waals surface area contributed by atoms with Crippen molar-refractivity contribution in [2.24, 2.45) is 17.4 Å². The molecule has 1 aliphatic carbocycles. The first-order valence-electron chi connectivity index (χ1n) is 5.29. The van der Waals surface area contributed by atoms with Crippen molar-refractivity contribution >= 4 is 11.8 Å². The Hall–Kier alpha value is -1.10. The Balaban J connectivity index is 2.00. The first-order chi connectivity index (χ1) is 6.96. The van der Waals surface area contributed by atoms with Crippen molar-refractivity contribution in [1.82, 2.24) is 4.90 Å². The number of rotatable bonds is 3. The van der Waals surface area contributed by atoms with Crippen molar-refractivity contribution < 1.29 is 9.59 Å². The fourth-order valence-corrected chi connectivity index (χ4v) is 2.48. The Bertz CT molecular complexity index is 312. The van der Waals surface area contributed by atoms with E-state index in [-0.39, 0.29) is 17.4 Å². The Morgan fingerprint density at radius 1 is 1.67 bits per heavy atom. The summed E-state index contributed by atoms with van der Waals surface area (Å²) < 4.78 is 0. The smallest absolute Gasteiger partial charge is 0.234 e. The maximum Gasteiger partial charge on any atom is 0.234 e. The van der Waals surface area contributed by atoms with Crippen LogP contribution in [0.2, 0.25) is 0 Å². The van der Waals surface area contributed by atoms with Crippen LogP contribution in [0.1, 0.15) is 25.7 Å². The lowest BCUT2D eigenvalue weighted by Crippen LogP contribution is -2.39.